The predicted molar refractivity (Wildman–Crippen MR) is 52.9 cm³/mol. The Hall–Kier alpha value is -0.710. The normalized spacial score (nSPS) is 21.7. The van der Waals surface area contributed by atoms with E-state index >= 15 is 0 Å². The lowest BCUT2D eigenvalue weighted by molar-refractivity contribution is 0.0757. The van der Waals surface area contributed by atoms with Crippen LogP contribution in [-0.2, 0) is 4.74 Å². The van der Waals surface area contributed by atoms with E-state index in [0.717, 1.165) is 6.07 Å². The van der Waals surface area contributed by atoms with Gasteiger partial charge in [0.25, 0.3) is 0 Å². The van der Waals surface area contributed by atoms with Crippen molar-refractivity contribution in [2.24, 2.45) is 0 Å². The first kappa shape index (κ1) is 10.8. The predicted octanol–water partition coefficient (Wildman–Crippen LogP) is 2.28. The van der Waals surface area contributed by atoms with Gasteiger partial charge in [0.15, 0.2) is 0 Å². The van der Waals surface area contributed by atoms with Gasteiger partial charge in [-0.3, -0.25) is 0 Å². The van der Waals surface area contributed by atoms with Crippen LogP contribution < -0.4 is 5.32 Å². The number of hydrogen-bond donors (Lipinski definition) is 1. The summed E-state index contributed by atoms with van der Waals surface area (Å²) < 4.78 is 31.7. The summed E-state index contributed by atoms with van der Waals surface area (Å²) in [6.45, 7) is 1.63. The van der Waals surface area contributed by atoms with Crippen LogP contribution in [0.4, 0.5) is 8.78 Å². The van der Waals surface area contributed by atoms with Crippen LogP contribution in [0.3, 0.4) is 0 Å². The monoisotopic (exact) mass is 233 g/mol. The van der Waals surface area contributed by atoms with E-state index in [1.807, 2.05) is 0 Å². The highest BCUT2D eigenvalue weighted by atomic mass is 35.5. The van der Waals surface area contributed by atoms with Crippen molar-refractivity contribution in [1.82, 2.24) is 5.32 Å². The molecule has 1 atom stereocenters. The van der Waals surface area contributed by atoms with Gasteiger partial charge in [0, 0.05) is 12.1 Å². The summed E-state index contributed by atoms with van der Waals surface area (Å²) in [7, 11) is 0. The van der Waals surface area contributed by atoms with Crippen molar-refractivity contribution in [2.45, 2.75) is 6.04 Å². The van der Waals surface area contributed by atoms with Gasteiger partial charge >= 0.3 is 0 Å². The van der Waals surface area contributed by atoms with Crippen molar-refractivity contribution in [3.8, 4) is 0 Å². The Kier molecular flexibility index (Phi) is 3.19. The summed E-state index contributed by atoms with van der Waals surface area (Å²) >= 11 is 5.48. The molecule has 1 aromatic carbocycles. The lowest BCUT2D eigenvalue weighted by Gasteiger charge is -2.24. The minimum Gasteiger partial charge on any atom is -0.378 e. The molecule has 1 fully saturated rings. The number of nitrogens with one attached hydrogen (secondary N) is 1. The number of hydrogen-bond acceptors (Lipinski definition) is 2. The van der Waals surface area contributed by atoms with Crippen molar-refractivity contribution in [3.05, 3.63) is 34.4 Å². The number of halogens is 3. The molecule has 1 aliphatic heterocycles. The second-order valence-electron chi connectivity index (χ2n) is 3.35. The third-order valence-corrected chi connectivity index (χ3v) is 2.71. The summed E-state index contributed by atoms with van der Waals surface area (Å²) in [6, 6.07) is 2.30. The quantitative estimate of drug-likeness (QED) is 0.752. The number of rotatable bonds is 1. The van der Waals surface area contributed by atoms with Crippen LogP contribution in [0.5, 0.6) is 0 Å². The van der Waals surface area contributed by atoms with Gasteiger partial charge in [-0.05, 0) is 6.07 Å². The topological polar surface area (TPSA) is 21.3 Å². The summed E-state index contributed by atoms with van der Waals surface area (Å²) in [4.78, 5) is 0. The van der Waals surface area contributed by atoms with Crippen LogP contribution in [0, 0.1) is 11.6 Å². The van der Waals surface area contributed by atoms with Crippen LogP contribution in [0.1, 0.15) is 11.6 Å². The molecule has 15 heavy (non-hydrogen) atoms. The maximum atomic E-state index is 13.6. The zero-order valence-corrected chi connectivity index (χ0v) is 8.65. The average Bonchev–Trinajstić information content (AvgIpc) is 2.27. The van der Waals surface area contributed by atoms with Crippen LogP contribution in [-0.4, -0.2) is 19.8 Å². The fraction of sp³-hybridized carbons (Fsp3) is 0.400. The maximum absolute atomic E-state index is 13.6. The minimum absolute atomic E-state index is 0.253. The molecule has 82 valence electrons. The molecule has 1 saturated heterocycles. The highest BCUT2D eigenvalue weighted by Crippen LogP contribution is 2.26. The lowest BCUT2D eigenvalue weighted by atomic mass is 10.1. The summed E-state index contributed by atoms with van der Waals surface area (Å²) in [5, 5.41) is 2.62. The Morgan fingerprint density at radius 3 is 2.87 bits per heavy atom. The first-order valence-corrected chi connectivity index (χ1v) is 5.02. The van der Waals surface area contributed by atoms with E-state index in [-0.39, 0.29) is 6.04 Å². The Balaban J connectivity index is 2.31. The molecule has 1 N–H and O–H groups in total. The van der Waals surface area contributed by atoms with Gasteiger partial charge in [0.2, 0.25) is 0 Å². The van der Waals surface area contributed by atoms with Gasteiger partial charge in [-0.25, -0.2) is 8.78 Å². The van der Waals surface area contributed by atoms with Crippen molar-refractivity contribution in [3.63, 3.8) is 0 Å². The second kappa shape index (κ2) is 4.43. The van der Waals surface area contributed by atoms with E-state index in [0.29, 0.717) is 25.3 Å². The van der Waals surface area contributed by atoms with Gasteiger partial charge < -0.3 is 10.1 Å². The zero-order valence-electron chi connectivity index (χ0n) is 7.90. The van der Waals surface area contributed by atoms with Crippen molar-refractivity contribution >= 4 is 11.6 Å². The van der Waals surface area contributed by atoms with Gasteiger partial charge in [0.1, 0.15) is 16.7 Å². The molecule has 1 aromatic rings. The molecule has 0 spiro atoms. The Morgan fingerprint density at radius 1 is 1.40 bits per heavy atom. The zero-order chi connectivity index (χ0) is 10.8. The fourth-order valence-corrected chi connectivity index (χ4v) is 1.75. The van der Waals surface area contributed by atoms with Gasteiger partial charge in [0.05, 0.1) is 19.3 Å². The molecule has 0 radical (unpaired) electrons. The van der Waals surface area contributed by atoms with E-state index < -0.39 is 16.7 Å². The smallest absolute Gasteiger partial charge is 0.149 e. The highest BCUT2D eigenvalue weighted by Gasteiger charge is 2.21. The molecule has 1 aliphatic rings. The molecule has 2 nitrogen and oxygen atoms in total. The van der Waals surface area contributed by atoms with E-state index in [4.69, 9.17) is 16.3 Å². The van der Waals surface area contributed by atoms with Crippen LogP contribution >= 0.6 is 11.6 Å². The third kappa shape index (κ3) is 2.12. The molecule has 0 amide bonds. The third-order valence-electron chi connectivity index (χ3n) is 2.36. The fourth-order valence-electron chi connectivity index (χ4n) is 1.58. The first-order chi connectivity index (χ1) is 7.20. The Labute approximate surface area is 91.2 Å². The molecule has 0 saturated carbocycles. The molecule has 0 aromatic heterocycles. The summed E-state index contributed by atoms with van der Waals surface area (Å²) in [6.07, 6.45) is 0. The first-order valence-electron chi connectivity index (χ1n) is 4.64. The molecular weight excluding hydrogens is 224 g/mol. The molecule has 1 unspecified atom stereocenters. The van der Waals surface area contributed by atoms with Gasteiger partial charge in [-0.2, -0.15) is 0 Å². The van der Waals surface area contributed by atoms with Gasteiger partial charge in [-0.1, -0.05) is 17.7 Å². The second-order valence-corrected chi connectivity index (χ2v) is 3.72. The average molecular weight is 234 g/mol. The molecule has 2 rings (SSSR count). The summed E-state index contributed by atoms with van der Waals surface area (Å²) in [5.74, 6) is -1.45. The molecule has 5 heteroatoms. The Bertz CT molecular complexity index is 367. The highest BCUT2D eigenvalue weighted by molar-refractivity contribution is 6.30. The molecule has 1 heterocycles. The number of ether oxygens (including phenoxy) is 1. The van der Waals surface area contributed by atoms with Gasteiger partial charge in [-0.15, -0.1) is 0 Å². The van der Waals surface area contributed by atoms with Crippen LogP contribution in [0.2, 0.25) is 5.02 Å². The largest absolute Gasteiger partial charge is 0.378 e. The van der Waals surface area contributed by atoms with E-state index in [2.05, 4.69) is 5.32 Å². The minimum atomic E-state index is -0.741. The molecular formula is C10H10ClF2NO. The SMILES string of the molecule is Fc1ccc(C2COCCN2)c(F)c1Cl. The standard InChI is InChI=1S/C10H10ClF2NO/c11-9-7(12)2-1-6(10(9)13)8-5-15-4-3-14-8/h1-2,8,14H,3-5H2. The van der Waals surface area contributed by atoms with Crippen LogP contribution in [0.15, 0.2) is 12.1 Å². The van der Waals surface area contributed by atoms with E-state index in [1.54, 1.807) is 0 Å². The van der Waals surface area contributed by atoms with E-state index in [9.17, 15) is 8.78 Å². The number of morpholine rings is 1. The lowest BCUT2D eigenvalue weighted by Crippen LogP contribution is -2.35. The van der Waals surface area contributed by atoms with E-state index in [1.165, 1.54) is 6.07 Å². The summed E-state index contributed by atoms with van der Waals surface area (Å²) in [5.41, 5.74) is 0.348. The molecule has 0 aliphatic carbocycles. The van der Waals surface area contributed by atoms with Crippen molar-refractivity contribution in [2.75, 3.05) is 19.8 Å². The van der Waals surface area contributed by atoms with Crippen LogP contribution in [0.25, 0.3) is 0 Å². The number of benzene rings is 1. The Morgan fingerprint density at radius 2 is 2.20 bits per heavy atom. The van der Waals surface area contributed by atoms with Crippen molar-refractivity contribution < 1.29 is 13.5 Å². The molecule has 0 bridgehead atoms. The maximum Gasteiger partial charge on any atom is 0.149 e. The van der Waals surface area contributed by atoms with Crippen molar-refractivity contribution in [1.29, 1.82) is 0 Å².